The van der Waals surface area contributed by atoms with Gasteiger partial charge in [-0.1, -0.05) is 6.07 Å². The summed E-state index contributed by atoms with van der Waals surface area (Å²) in [7, 11) is 0. The maximum atomic E-state index is 14.1. The quantitative estimate of drug-likeness (QED) is 0.254. The average Bonchev–Trinajstić information content (AvgIpc) is 3.28. The van der Waals surface area contributed by atoms with Gasteiger partial charge in [-0.3, -0.25) is 4.68 Å². The molecule has 0 bridgehead atoms. The van der Waals surface area contributed by atoms with Gasteiger partial charge in [-0.25, -0.2) is 28.7 Å². The first-order valence-electron chi connectivity index (χ1n) is 10.6. The monoisotopic (exact) mass is 536 g/mol. The standard InChI is InChI=1S/C24H12F8N6/c25-17-3-1-2-15(20(17)26)22-36-18-9-35-38(11-19(18)37-22)10-12-7-33-21(34-8-12)14-5-4-13(23(27,28)29)6-16(14)24(30,31)32/h1-9,11H,10H2. The molecule has 0 fully saturated rings. The van der Waals surface area contributed by atoms with Crippen molar-refractivity contribution in [3.05, 3.63) is 89.5 Å². The number of rotatable bonds is 4. The Balaban J connectivity index is 1.41. The van der Waals surface area contributed by atoms with Crippen LogP contribution in [0.2, 0.25) is 0 Å². The zero-order valence-electron chi connectivity index (χ0n) is 18.7. The third-order valence-corrected chi connectivity index (χ3v) is 5.45. The summed E-state index contributed by atoms with van der Waals surface area (Å²) in [5.74, 6) is -2.60. The minimum Gasteiger partial charge on any atom is -0.266 e. The Hall–Kier alpha value is -4.49. The molecule has 0 N–H and O–H groups in total. The number of fused-ring (bicyclic) bond motifs is 1. The molecule has 5 rings (SSSR count). The van der Waals surface area contributed by atoms with E-state index in [4.69, 9.17) is 0 Å². The molecule has 14 heteroatoms. The van der Waals surface area contributed by atoms with Crippen LogP contribution in [0.25, 0.3) is 34.2 Å². The van der Waals surface area contributed by atoms with E-state index in [1.54, 1.807) is 0 Å². The van der Waals surface area contributed by atoms with E-state index in [9.17, 15) is 35.1 Å². The number of imidazole rings is 1. The number of benzene rings is 2. The molecule has 1 aromatic heterocycles. The molecular formula is C24H12F8N6. The third-order valence-electron chi connectivity index (χ3n) is 5.45. The Morgan fingerprint density at radius 1 is 0.737 bits per heavy atom. The second-order valence-electron chi connectivity index (χ2n) is 8.06. The molecule has 0 atom stereocenters. The smallest absolute Gasteiger partial charge is 0.266 e. The summed E-state index contributed by atoms with van der Waals surface area (Å²) in [6.07, 6.45) is -4.79. The van der Waals surface area contributed by atoms with Crippen molar-refractivity contribution in [2.45, 2.75) is 18.9 Å². The highest BCUT2D eigenvalue weighted by Crippen LogP contribution is 2.40. The number of alkyl halides is 6. The molecule has 3 aromatic rings. The zero-order valence-corrected chi connectivity index (χ0v) is 18.7. The fourth-order valence-electron chi connectivity index (χ4n) is 3.66. The van der Waals surface area contributed by atoms with Crippen LogP contribution in [0.15, 0.2) is 61.2 Å². The molecule has 0 unspecified atom stereocenters. The van der Waals surface area contributed by atoms with Crippen molar-refractivity contribution in [1.29, 1.82) is 0 Å². The van der Waals surface area contributed by atoms with Gasteiger partial charge in [0.05, 0.1) is 35.6 Å². The highest BCUT2D eigenvalue weighted by molar-refractivity contribution is 5.65. The van der Waals surface area contributed by atoms with Crippen molar-refractivity contribution in [1.82, 2.24) is 29.7 Å². The summed E-state index contributed by atoms with van der Waals surface area (Å²) in [5.41, 5.74) is -2.65. The summed E-state index contributed by atoms with van der Waals surface area (Å²) < 4.78 is 108. The lowest BCUT2D eigenvalue weighted by molar-refractivity contribution is -0.142. The van der Waals surface area contributed by atoms with Gasteiger partial charge in [0, 0.05) is 23.5 Å². The van der Waals surface area contributed by atoms with Gasteiger partial charge in [0.25, 0.3) is 0 Å². The van der Waals surface area contributed by atoms with E-state index in [0.717, 1.165) is 6.07 Å². The van der Waals surface area contributed by atoms with Crippen molar-refractivity contribution in [2.75, 3.05) is 0 Å². The summed E-state index contributed by atoms with van der Waals surface area (Å²) >= 11 is 0. The Morgan fingerprint density at radius 2 is 1.45 bits per heavy atom. The van der Waals surface area contributed by atoms with Crippen LogP contribution in [0.5, 0.6) is 0 Å². The molecule has 0 amide bonds. The second kappa shape index (κ2) is 9.11. The highest BCUT2D eigenvalue weighted by Gasteiger charge is 2.38. The van der Waals surface area contributed by atoms with E-state index in [1.807, 2.05) is 0 Å². The molecular weight excluding hydrogens is 524 g/mol. The Bertz CT molecular complexity index is 1590. The number of aromatic nitrogens is 6. The number of hydrogen-bond acceptors (Lipinski definition) is 5. The maximum absolute atomic E-state index is 14.1. The van der Waals surface area contributed by atoms with Gasteiger partial charge in [0.1, 0.15) is 11.4 Å². The van der Waals surface area contributed by atoms with Gasteiger partial charge in [-0.2, -0.15) is 31.4 Å². The van der Waals surface area contributed by atoms with Crippen LogP contribution in [0.3, 0.4) is 0 Å². The molecule has 194 valence electrons. The Labute approximate surface area is 208 Å². The molecule has 0 spiro atoms. The lowest BCUT2D eigenvalue weighted by Crippen LogP contribution is -2.13. The average molecular weight is 536 g/mol. The van der Waals surface area contributed by atoms with E-state index in [-0.39, 0.29) is 24.0 Å². The third kappa shape index (κ3) is 4.88. The fourth-order valence-corrected chi connectivity index (χ4v) is 3.66. The predicted octanol–water partition coefficient (Wildman–Crippen LogP) is 6.27. The molecule has 2 aromatic carbocycles. The second-order valence-corrected chi connectivity index (χ2v) is 8.06. The summed E-state index contributed by atoms with van der Waals surface area (Å²) in [6.45, 7) is 0.0475. The van der Waals surface area contributed by atoms with E-state index < -0.39 is 46.5 Å². The molecule has 0 aliphatic carbocycles. The van der Waals surface area contributed by atoms with Crippen molar-refractivity contribution < 1.29 is 35.1 Å². The first-order chi connectivity index (χ1) is 17.9. The van der Waals surface area contributed by atoms with Gasteiger partial charge in [0.15, 0.2) is 23.3 Å². The first-order valence-corrected chi connectivity index (χ1v) is 10.6. The van der Waals surface area contributed by atoms with E-state index in [2.05, 4.69) is 25.0 Å². The lowest BCUT2D eigenvalue weighted by Gasteiger charge is -2.15. The molecule has 3 heterocycles. The zero-order chi connectivity index (χ0) is 27.2. The van der Waals surface area contributed by atoms with Gasteiger partial charge < -0.3 is 0 Å². The van der Waals surface area contributed by atoms with E-state index in [0.29, 0.717) is 29.1 Å². The summed E-state index contributed by atoms with van der Waals surface area (Å²) in [4.78, 5) is 16.1. The van der Waals surface area contributed by atoms with Crippen LogP contribution in [0.4, 0.5) is 35.1 Å². The number of halogens is 8. The van der Waals surface area contributed by atoms with Crippen LogP contribution in [-0.4, -0.2) is 29.7 Å². The van der Waals surface area contributed by atoms with Crippen molar-refractivity contribution >= 4 is 0 Å². The first kappa shape index (κ1) is 25.2. The van der Waals surface area contributed by atoms with Crippen LogP contribution in [0.1, 0.15) is 16.7 Å². The topological polar surface area (TPSA) is 69.4 Å². The largest absolute Gasteiger partial charge is 0.417 e. The van der Waals surface area contributed by atoms with Gasteiger partial charge >= 0.3 is 12.4 Å². The molecule has 2 aliphatic rings. The Morgan fingerprint density at radius 3 is 2.13 bits per heavy atom. The van der Waals surface area contributed by atoms with E-state index >= 15 is 0 Å². The number of hydrogen-bond donors (Lipinski definition) is 0. The summed E-state index contributed by atoms with van der Waals surface area (Å²) in [5, 5.41) is 4.14. The molecule has 6 nitrogen and oxygen atoms in total. The van der Waals surface area contributed by atoms with Crippen LogP contribution >= 0.6 is 0 Å². The van der Waals surface area contributed by atoms with Crippen molar-refractivity contribution in [3.8, 4) is 34.2 Å². The Kier molecular flexibility index (Phi) is 6.04. The molecule has 2 aliphatic heterocycles. The molecule has 38 heavy (non-hydrogen) atoms. The van der Waals surface area contributed by atoms with Gasteiger partial charge in [-0.15, -0.1) is 0 Å². The minimum atomic E-state index is -5.07. The normalized spacial score (nSPS) is 12.3. The van der Waals surface area contributed by atoms with Crippen LogP contribution < -0.4 is 0 Å². The van der Waals surface area contributed by atoms with Crippen LogP contribution in [-0.2, 0) is 18.9 Å². The predicted molar refractivity (Wildman–Crippen MR) is 116 cm³/mol. The van der Waals surface area contributed by atoms with Gasteiger partial charge in [0.2, 0.25) is 0 Å². The van der Waals surface area contributed by atoms with Crippen molar-refractivity contribution in [3.63, 3.8) is 0 Å². The van der Waals surface area contributed by atoms with Gasteiger partial charge in [-0.05, 0) is 30.3 Å². The maximum Gasteiger partial charge on any atom is 0.417 e. The summed E-state index contributed by atoms with van der Waals surface area (Å²) in [6, 6.07) is 4.84. The van der Waals surface area contributed by atoms with Crippen molar-refractivity contribution in [2.24, 2.45) is 0 Å². The number of nitrogens with zero attached hydrogens (tertiary/aromatic N) is 6. The molecule has 0 radical (unpaired) electrons. The van der Waals surface area contributed by atoms with Crippen LogP contribution in [0, 0.1) is 11.6 Å². The van der Waals surface area contributed by atoms with E-state index in [1.165, 1.54) is 41.6 Å². The molecule has 0 saturated carbocycles. The lowest BCUT2D eigenvalue weighted by atomic mass is 10.0. The SMILES string of the molecule is Fc1cccc(-c2nc3cnn(Cc4cnc(-c5ccc(C(F)(F)F)cc5C(F)(F)F)nc4)cc-3n2)c1F. The minimum absolute atomic E-state index is 0.0203. The highest BCUT2D eigenvalue weighted by atomic mass is 19.4. The molecule has 0 saturated heterocycles. The fraction of sp³-hybridized carbons (Fsp3) is 0.125.